The summed E-state index contributed by atoms with van der Waals surface area (Å²) in [6.07, 6.45) is 0. The van der Waals surface area contributed by atoms with E-state index in [0.717, 1.165) is 17.4 Å². The van der Waals surface area contributed by atoms with Gasteiger partial charge in [-0.3, -0.25) is 0 Å². The highest BCUT2D eigenvalue weighted by molar-refractivity contribution is 7.15. The molecule has 1 atom stereocenters. The van der Waals surface area contributed by atoms with Gasteiger partial charge < -0.3 is 10.6 Å². The lowest BCUT2D eigenvalue weighted by Gasteiger charge is -2.15. The molecule has 4 heteroatoms. The number of hydrogen-bond acceptors (Lipinski definition) is 4. The normalized spacial score (nSPS) is 12.5. The molecule has 0 aliphatic carbocycles. The van der Waals surface area contributed by atoms with Crippen molar-refractivity contribution in [2.45, 2.75) is 33.4 Å². The van der Waals surface area contributed by atoms with Gasteiger partial charge in [0.25, 0.3) is 0 Å². The van der Waals surface area contributed by atoms with Crippen LogP contribution in [0.15, 0.2) is 24.3 Å². The van der Waals surface area contributed by atoms with E-state index in [1.807, 2.05) is 13.8 Å². The summed E-state index contributed by atoms with van der Waals surface area (Å²) in [5.41, 5.74) is 9.58. The molecule has 0 spiro atoms. The average Bonchev–Trinajstić information content (AvgIpc) is 2.74. The zero-order valence-corrected chi connectivity index (χ0v) is 12.8. The zero-order chi connectivity index (χ0) is 14.0. The number of anilines is 1. The molecule has 2 aromatic rings. The third-order valence-corrected chi connectivity index (χ3v) is 4.57. The van der Waals surface area contributed by atoms with Crippen LogP contribution >= 0.6 is 11.3 Å². The summed E-state index contributed by atoms with van der Waals surface area (Å²) in [7, 11) is 2.07. The summed E-state index contributed by atoms with van der Waals surface area (Å²) >= 11 is 1.69. The fraction of sp³-hybridized carbons (Fsp3) is 0.400. The van der Waals surface area contributed by atoms with Crippen molar-refractivity contribution in [1.82, 2.24) is 4.98 Å². The van der Waals surface area contributed by atoms with Gasteiger partial charge in [-0.25, -0.2) is 4.98 Å². The van der Waals surface area contributed by atoms with E-state index in [1.165, 1.54) is 16.0 Å². The SMILES string of the molecule is Cc1ccc(CN(C)c2nc(C)c(C(C)N)s2)cc1. The maximum atomic E-state index is 5.95. The molecule has 0 aliphatic rings. The van der Waals surface area contributed by atoms with E-state index < -0.39 is 0 Å². The largest absolute Gasteiger partial charge is 0.347 e. The molecule has 0 bridgehead atoms. The highest BCUT2D eigenvalue weighted by Gasteiger charge is 2.13. The summed E-state index contributed by atoms with van der Waals surface area (Å²) in [5.74, 6) is 0. The van der Waals surface area contributed by atoms with Gasteiger partial charge in [0.1, 0.15) is 0 Å². The molecule has 1 unspecified atom stereocenters. The average molecular weight is 275 g/mol. The molecule has 1 aromatic heterocycles. The van der Waals surface area contributed by atoms with Crippen LogP contribution in [0.1, 0.15) is 34.7 Å². The Kier molecular flexibility index (Phi) is 4.22. The van der Waals surface area contributed by atoms with Crippen molar-refractivity contribution in [2.24, 2.45) is 5.73 Å². The van der Waals surface area contributed by atoms with Crippen LogP contribution in [0.4, 0.5) is 5.13 Å². The highest BCUT2D eigenvalue weighted by atomic mass is 32.1. The molecule has 0 saturated heterocycles. The quantitative estimate of drug-likeness (QED) is 0.929. The maximum Gasteiger partial charge on any atom is 0.185 e. The molecule has 2 rings (SSSR count). The Hall–Kier alpha value is -1.39. The van der Waals surface area contributed by atoms with E-state index in [-0.39, 0.29) is 6.04 Å². The molecule has 19 heavy (non-hydrogen) atoms. The van der Waals surface area contributed by atoms with E-state index >= 15 is 0 Å². The first-order valence-electron chi connectivity index (χ1n) is 6.47. The smallest absolute Gasteiger partial charge is 0.185 e. The Morgan fingerprint density at radius 1 is 1.26 bits per heavy atom. The van der Waals surface area contributed by atoms with Crippen molar-refractivity contribution in [3.05, 3.63) is 46.0 Å². The Labute approximate surface area is 119 Å². The molecule has 0 amide bonds. The zero-order valence-electron chi connectivity index (χ0n) is 12.0. The van der Waals surface area contributed by atoms with Gasteiger partial charge in [-0.1, -0.05) is 29.8 Å². The Bertz CT molecular complexity index is 543. The van der Waals surface area contributed by atoms with Gasteiger partial charge in [-0.15, -0.1) is 11.3 Å². The number of aryl methyl sites for hydroxylation is 2. The van der Waals surface area contributed by atoms with E-state index in [4.69, 9.17) is 5.73 Å². The number of hydrogen-bond donors (Lipinski definition) is 1. The van der Waals surface area contributed by atoms with E-state index in [2.05, 4.69) is 48.1 Å². The molecule has 1 aromatic carbocycles. The van der Waals surface area contributed by atoms with Crippen LogP contribution in [0.3, 0.4) is 0 Å². The van der Waals surface area contributed by atoms with Crippen LogP contribution in [-0.2, 0) is 6.54 Å². The minimum Gasteiger partial charge on any atom is -0.347 e. The number of aromatic nitrogens is 1. The molecule has 102 valence electrons. The lowest BCUT2D eigenvalue weighted by Crippen LogP contribution is -2.16. The fourth-order valence-electron chi connectivity index (χ4n) is 2.01. The molecule has 0 aliphatic heterocycles. The number of nitrogens with two attached hydrogens (primary N) is 1. The second-order valence-corrected chi connectivity index (χ2v) is 6.09. The molecule has 0 radical (unpaired) electrons. The van der Waals surface area contributed by atoms with Crippen LogP contribution < -0.4 is 10.6 Å². The van der Waals surface area contributed by atoms with Crippen molar-refractivity contribution in [2.75, 3.05) is 11.9 Å². The summed E-state index contributed by atoms with van der Waals surface area (Å²) in [5, 5.41) is 1.03. The first-order valence-corrected chi connectivity index (χ1v) is 7.28. The van der Waals surface area contributed by atoms with Crippen LogP contribution in [0.5, 0.6) is 0 Å². The van der Waals surface area contributed by atoms with Crippen LogP contribution in [0.25, 0.3) is 0 Å². The number of nitrogens with zero attached hydrogens (tertiary/aromatic N) is 2. The van der Waals surface area contributed by atoms with Gasteiger partial charge in [0.05, 0.1) is 5.69 Å². The number of thiazole rings is 1. The second kappa shape index (κ2) is 5.72. The topological polar surface area (TPSA) is 42.2 Å². The van der Waals surface area contributed by atoms with Crippen molar-refractivity contribution >= 4 is 16.5 Å². The van der Waals surface area contributed by atoms with Gasteiger partial charge in [0, 0.05) is 24.5 Å². The third-order valence-electron chi connectivity index (χ3n) is 3.10. The molecule has 3 nitrogen and oxygen atoms in total. The number of benzene rings is 1. The summed E-state index contributed by atoms with van der Waals surface area (Å²) in [4.78, 5) is 7.96. The molecule has 0 saturated carbocycles. The summed E-state index contributed by atoms with van der Waals surface area (Å²) < 4.78 is 0. The highest BCUT2D eigenvalue weighted by Crippen LogP contribution is 2.29. The molecular weight excluding hydrogens is 254 g/mol. The second-order valence-electron chi connectivity index (χ2n) is 5.08. The molecular formula is C15H21N3S. The lowest BCUT2D eigenvalue weighted by molar-refractivity contribution is 0.824. The fourth-order valence-corrected chi connectivity index (χ4v) is 2.99. The van der Waals surface area contributed by atoms with E-state index in [1.54, 1.807) is 11.3 Å². The van der Waals surface area contributed by atoms with E-state index in [0.29, 0.717) is 0 Å². The van der Waals surface area contributed by atoms with Gasteiger partial charge in [-0.05, 0) is 26.3 Å². The van der Waals surface area contributed by atoms with Crippen LogP contribution in [0, 0.1) is 13.8 Å². The Morgan fingerprint density at radius 2 is 1.89 bits per heavy atom. The predicted molar refractivity (Wildman–Crippen MR) is 82.7 cm³/mol. The standard InChI is InChI=1S/C15H21N3S/c1-10-5-7-13(8-6-10)9-18(4)15-17-12(3)14(19-15)11(2)16/h5-8,11H,9,16H2,1-4H3. The predicted octanol–water partition coefficient (Wildman–Crippen LogP) is 3.42. The third kappa shape index (κ3) is 3.33. The summed E-state index contributed by atoms with van der Waals surface area (Å²) in [6.45, 7) is 7.00. The first kappa shape index (κ1) is 14.0. The minimum atomic E-state index is 0.0547. The number of rotatable bonds is 4. The maximum absolute atomic E-state index is 5.95. The van der Waals surface area contributed by atoms with Gasteiger partial charge >= 0.3 is 0 Å². The Balaban J connectivity index is 2.13. The molecule has 1 heterocycles. The Morgan fingerprint density at radius 3 is 2.42 bits per heavy atom. The van der Waals surface area contributed by atoms with Crippen molar-refractivity contribution in [3.8, 4) is 0 Å². The summed E-state index contributed by atoms with van der Waals surface area (Å²) in [6, 6.07) is 8.67. The molecule has 0 fully saturated rings. The lowest BCUT2D eigenvalue weighted by atomic mass is 10.1. The van der Waals surface area contributed by atoms with Gasteiger partial charge in [-0.2, -0.15) is 0 Å². The van der Waals surface area contributed by atoms with Crippen molar-refractivity contribution in [3.63, 3.8) is 0 Å². The molecule has 2 N–H and O–H groups in total. The monoisotopic (exact) mass is 275 g/mol. The van der Waals surface area contributed by atoms with Crippen molar-refractivity contribution < 1.29 is 0 Å². The van der Waals surface area contributed by atoms with Gasteiger partial charge in [0.15, 0.2) is 5.13 Å². The van der Waals surface area contributed by atoms with Gasteiger partial charge in [0.2, 0.25) is 0 Å². The van der Waals surface area contributed by atoms with Crippen LogP contribution in [-0.4, -0.2) is 12.0 Å². The minimum absolute atomic E-state index is 0.0547. The van der Waals surface area contributed by atoms with E-state index in [9.17, 15) is 0 Å². The van der Waals surface area contributed by atoms with Crippen LogP contribution in [0.2, 0.25) is 0 Å². The van der Waals surface area contributed by atoms with Crippen molar-refractivity contribution in [1.29, 1.82) is 0 Å². The first-order chi connectivity index (χ1) is 8.97.